The van der Waals surface area contributed by atoms with Crippen molar-refractivity contribution in [3.05, 3.63) is 82.1 Å². The Balaban J connectivity index is 1.72. The SMILES string of the molecule is CS(=N)(=O)CCNC(=O)c1cn2c(n1)CN=C(c1ccccc1F)c1cc(Cl)ccc1-2. The number of imidazole rings is 1. The maximum Gasteiger partial charge on any atom is 0.271 e. The zero-order chi connectivity index (χ0) is 22.2. The van der Waals surface area contributed by atoms with Crippen LogP contribution in [0, 0.1) is 10.6 Å². The molecule has 31 heavy (non-hydrogen) atoms. The average molecular weight is 460 g/mol. The Morgan fingerprint density at radius 3 is 2.81 bits per heavy atom. The van der Waals surface area contributed by atoms with E-state index in [2.05, 4.69) is 15.3 Å². The van der Waals surface area contributed by atoms with Crippen molar-refractivity contribution in [2.45, 2.75) is 6.54 Å². The second-order valence-electron chi connectivity index (χ2n) is 7.18. The first kappa shape index (κ1) is 21.2. The van der Waals surface area contributed by atoms with Crippen molar-refractivity contribution in [3.8, 4) is 5.69 Å². The first-order valence-corrected chi connectivity index (χ1v) is 11.9. The van der Waals surface area contributed by atoms with Crippen LogP contribution in [-0.4, -0.2) is 43.9 Å². The number of carbonyl (C=O) groups excluding carboxylic acids is 1. The first-order chi connectivity index (χ1) is 14.7. The highest BCUT2D eigenvalue weighted by molar-refractivity contribution is 7.91. The third-order valence-electron chi connectivity index (χ3n) is 4.77. The van der Waals surface area contributed by atoms with E-state index in [0.717, 1.165) is 0 Å². The molecule has 0 aliphatic carbocycles. The topological polar surface area (TPSA) is 100 Å². The highest BCUT2D eigenvalue weighted by Gasteiger charge is 2.24. The standard InChI is InChI=1S/C21H19ClFN5O2S/c1-31(24,30)9-8-25-21(29)17-12-28-18-7-6-13(22)10-15(18)20(26-11-19(28)27-17)14-4-2-3-5-16(14)23/h2-7,10,12,24H,8-9,11H2,1H3,(H,25,29). The number of fused-ring (bicyclic) bond motifs is 3. The van der Waals surface area contributed by atoms with Gasteiger partial charge in [0.15, 0.2) is 0 Å². The average Bonchev–Trinajstić information content (AvgIpc) is 3.07. The number of halogens is 2. The summed E-state index contributed by atoms with van der Waals surface area (Å²) in [4.78, 5) is 21.5. The lowest BCUT2D eigenvalue weighted by Crippen LogP contribution is -2.28. The van der Waals surface area contributed by atoms with Gasteiger partial charge in [0.1, 0.15) is 17.3 Å². The van der Waals surface area contributed by atoms with Crippen LogP contribution in [-0.2, 0) is 16.3 Å². The highest BCUT2D eigenvalue weighted by atomic mass is 35.5. The number of carbonyl (C=O) groups is 1. The number of aromatic nitrogens is 2. The summed E-state index contributed by atoms with van der Waals surface area (Å²) in [5.41, 5.74) is 2.29. The van der Waals surface area contributed by atoms with Crippen LogP contribution in [0.4, 0.5) is 4.39 Å². The van der Waals surface area contributed by atoms with E-state index in [1.807, 2.05) is 0 Å². The Morgan fingerprint density at radius 1 is 1.29 bits per heavy atom. The molecule has 0 saturated heterocycles. The molecule has 0 spiro atoms. The van der Waals surface area contributed by atoms with Gasteiger partial charge in [-0.15, -0.1) is 0 Å². The zero-order valence-electron chi connectivity index (χ0n) is 16.6. The summed E-state index contributed by atoms with van der Waals surface area (Å²) in [5.74, 6) is -0.254. The third-order valence-corrected chi connectivity index (χ3v) is 5.99. The smallest absolute Gasteiger partial charge is 0.271 e. The van der Waals surface area contributed by atoms with E-state index in [9.17, 15) is 13.4 Å². The van der Waals surface area contributed by atoms with Crippen LogP contribution in [0.15, 0.2) is 53.7 Å². The quantitative estimate of drug-likeness (QED) is 0.611. The number of hydrogen-bond acceptors (Lipinski definition) is 5. The van der Waals surface area contributed by atoms with Crippen LogP contribution in [0.5, 0.6) is 0 Å². The van der Waals surface area contributed by atoms with Crippen molar-refractivity contribution in [3.63, 3.8) is 0 Å². The minimum Gasteiger partial charge on any atom is -0.350 e. The lowest BCUT2D eigenvalue weighted by molar-refractivity contribution is 0.0951. The maximum absolute atomic E-state index is 14.5. The summed E-state index contributed by atoms with van der Waals surface area (Å²) >= 11 is 6.22. The number of benzene rings is 2. The van der Waals surface area contributed by atoms with Gasteiger partial charge in [-0.25, -0.2) is 9.37 Å². The van der Waals surface area contributed by atoms with Crippen LogP contribution < -0.4 is 5.32 Å². The fraction of sp³-hybridized carbons (Fsp3) is 0.190. The van der Waals surface area contributed by atoms with Crippen LogP contribution in [0.2, 0.25) is 5.02 Å². The minimum absolute atomic E-state index is 0.0595. The third kappa shape index (κ3) is 4.52. The van der Waals surface area contributed by atoms with Crippen molar-refractivity contribution in [2.24, 2.45) is 4.99 Å². The minimum atomic E-state index is -2.69. The normalized spacial score (nSPS) is 14.6. The Labute approximate surface area is 184 Å². The van der Waals surface area contributed by atoms with Gasteiger partial charge in [-0.3, -0.25) is 18.8 Å². The van der Waals surface area contributed by atoms with Crippen molar-refractivity contribution in [1.82, 2.24) is 14.9 Å². The monoisotopic (exact) mass is 459 g/mol. The van der Waals surface area contributed by atoms with Gasteiger partial charge in [0, 0.05) is 50.6 Å². The molecule has 2 N–H and O–H groups in total. The molecule has 1 atom stereocenters. The number of nitrogens with zero attached hydrogens (tertiary/aromatic N) is 3. The summed E-state index contributed by atoms with van der Waals surface area (Å²) < 4.78 is 35.1. The van der Waals surface area contributed by atoms with E-state index in [1.54, 1.807) is 47.2 Å². The largest absolute Gasteiger partial charge is 0.350 e. The van der Waals surface area contributed by atoms with Gasteiger partial charge in [0.05, 0.1) is 17.9 Å². The van der Waals surface area contributed by atoms with Crippen LogP contribution >= 0.6 is 11.6 Å². The zero-order valence-corrected chi connectivity index (χ0v) is 18.1. The van der Waals surface area contributed by atoms with E-state index in [4.69, 9.17) is 16.4 Å². The number of aliphatic imine (C=N–C) groups is 1. The van der Waals surface area contributed by atoms with Gasteiger partial charge in [0.25, 0.3) is 5.91 Å². The molecule has 2 aromatic carbocycles. The molecule has 0 bridgehead atoms. The first-order valence-electron chi connectivity index (χ1n) is 9.40. The molecule has 160 valence electrons. The lowest BCUT2D eigenvalue weighted by Gasteiger charge is -2.12. The van der Waals surface area contributed by atoms with Crippen LogP contribution in [0.25, 0.3) is 5.69 Å². The molecule has 1 unspecified atom stereocenters. The van der Waals surface area contributed by atoms with Gasteiger partial charge in [-0.1, -0.05) is 23.7 Å². The Hall–Kier alpha value is -3.04. The molecule has 2 heterocycles. The summed E-state index contributed by atoms with van der Waals surface area (Å²) in [6.07, 6.45) is 2.91. The molecular weight excluding hydrogens is 441 g/mol. The molecule has 4 rings (SSSR count). The molecule has 0 saturated carbocycles. The summed E-state index contributed by atoms with van der Waals surface area (Å²) in [7, 11) is -2.69. The summed E-state index contributed by atoms with van der Waals surface area (Å²) in [5, 5.41) is 3.11. The fourth-order valence-electron chi connectivity index (χ4n) is 3.32. The lowest BCUT2D eigenvalue weighted by atomic mass is 10.00. The van der Waals surface area contributed by atoms with Crippen molar-refractivity contribution >= 4 is 32.9 Å². The highest BCUT2D eigenvalue weighted by Crippen LogP contribution is 2.28. The molecule has 1 amide bonds. The van der Waals surface area contributed by atoms with Crippen LogP contribution in [0.3, 0.4) is 0 Å². The van der Waals surface area contributed by atoms with E-state index >= 15 is 0 Å². The van der Waals surface area contributed by atoms with E-state index in [1.165, 1.54) is 12.3 Å². The summed E-state index contributed by atoms with van der Waals surface area (Å²) in [6.45, 7) is 0.250. The molecule has 0 fully saturated rings. The Bertz CT molecular complexity index is 1320. The van der Waals surface area contributed by atoms with Crippen molar-refractivity contribution in [1.29, 1.82) is 4.78 Å². The molecule has 1 aliphatic heterocycles. The van der Waals surface area contributed by atoms with E-state index in [-0.39, 0.29) is 24.5 Å². The Morgan fingerprint density at radius 2 is 2.06 bits per heavy atom. The van der Waals surface area contributed by atoms with E-state index in [0.29, 0.717) is 33.4 Å². The molecule has 3 aromatic rings. The molecule has 0 radical (unpaired) electrons. The van der Waals surface area contributed by atoms with Gasteiger partial charge >= 0.3 is 0 Å². The fourth-order valence-corrected chi connectivity index (χ4v) is 3.99. The number of amides is 1. The summed E-state index contributed by atoms with van der Waals surface area (Å²) in [6, 6.07) is 11.6. The molecular formula is C21H19ClFN5O2S. The van der Waals surface area contributed by atoms with Gasteiger partial charge in [0.2, 0.25) is 0 Å². The van der Waals surface area contributed by atoms with Gasteiger partial charge in [-0.05, 0) is 30.3 Å². The molecule has 1 aromatic heterocycles. The molecule has 1 aliphatic rings. The van der Waals surface area contributed by atoms with Crippen LogP contribution in [0.1, 0.15) is 27.4 Å². The second-order valence-corrected chi connectivity index (χ2v) is 10.0. The predicted molar refractivity (Wildman–Crippen MR) is 118 cm³/mol. The molecule has 7 nitrogen and oxygen atoms in total. The van der Waals surface area contributed by atoms with Gasteiger partial charge < -0.3 is 9.88 Å². The van der Waals surface area contributed by atoms with E-state index < -0.39 is 21.5 Å². The van der Waals surface area contributed by atoms with Crippen molar-refractivity contribution in [2.75, 3.05) is 18.6 Å². The Kier molecular flexibility index (Phi) is 5.63. The number of nitrogens with one attached hydrogen (secondary N) is 2. The number of hydrogen-bond donors (Lipinski definition) is 2. The molecule has 10 heteroatoms. The predicted octanol–water partition coefficient (Wildman–Crippen LogP) is 3.42. The second kappa shape index (κ2) is 8.24. The number of rotatable bonds is 5. The van der Waals surface area contributed by atoms with Gasteiger partial charge in [-0.2, -0.15) is 0 Å². The van der Waals surface area contributed by atoms with Crippen molar-refractivity contribution < 1.29 is 13.4 Å². The maximum atomic E-state index is 14.5.